The molecule has 1 aliphatic carbocycles. The molecule has 0 bridgehead atoms. The zero-order chi connectivity index (χ0) is 21.4. The predicted molar refractivity (Wildman–Crippen MR) is 119 cm³/mol. The average Bonchev–Trinajstić information content (AvgIpc) is 3.14. The second-order valence-corrected chi connectivity index (χ2v) is 11.2. The Morgan fingerprint density at radius 1 is 1.13 bits per heavy atom. The molecule has 0 unspecified atom stereocenters. The maximum atomic E-state index is 13.8. The Morgan fingerprint density at radius 2 is 1.87 bits per heavy atom. The largest absolute Gasteiger partial charge is 0.361 e. The van der Waals surface area contributed by atoms with Gasteiger partial charge in [0.15, 0.2) is 0 Å². The molecule has 3 aliphatic rings. The van der Waals surface area contributed by atoms with E-state index in [9.17, 15) is 8.42 Å². The lowest BCUT2D eigenvalue weighted by Gasteiger charge is -2.30. The number of hydroxylamine groups is 2. The van der Waals surface area contributed by atoms with Crippen LogP contribution in [0.3, 0.4) is 0 Å². The molecular formula is C24H27N3O3S. The summed E-state index contributed by atoms with van der Waals surface area (Å²) in [5, 5.41) is 3.10. The van der Waals surface area contributed by atoms with Gasteiger partial charge in [-0.1, -0.05) is 35.9 Å². The van der Waals surface area contributed by atoms with Gasteiger partial charge in [0.1, 0.15) is 0 Å². The van der Waals surface area contributed by atoms with Crippen LogP contribution in [0.25, 0.3) is 10.9 Å². The van der Waals surface area contributed by atoms with E-state index in [1.807, 2.05) is 49.5 Å². The third-order valence-electron chi connectivity index (χ3n) is 7.45. The van der Waals surface area contributed by atoms with Gasteiger partial charge in [-0.15, -0.1) is 0 Å². The minimum absolute atomic E-state index is 0.0522. The lowest BCUT2D eigenvalue weighted by atomic mass is 9.90. The van der Waals surface area contributed by atoms with Crippen LogP contribution in [0.15, 0.2) is 59.6 Å². The molecule has 2 aromatic carbocycles. The number of hydrogen-bond acceptors (Lipinski definition) is 4. The van der Waals surface area contributed by atoms with Gasteiger partial charge in [-0.3, -0.25) is 4.84 Å². The Morgan fingerprint density at radius 3 is 2.61 bits per heavy atom. The summed E-state index contributed by atoms with van der Waals surface area (Å²) < 4.78 is 29.3. The maximum absolute atomic E-state index is 13.8. The molecule has 1 aromatic heterocycles. The van der Waals surface area contributed by atoms with Gasteiger partial charge in [-0.25, -0.2) is 8.42 Å². The molecule has 0 amide bonds. The highest BCUT2D eigenvalue weighted by atomic mass is 32.2. The fourth-order valence-electron chi connectivity index (χ4n) is 5.72. The molecule has 1 saturated carbocycles. The van der Waals surface area contributed by atoms with E-state index in [4.69, 9.17) is 4.84 Å². The first-order valence-corrected chi connectivity index (χ1v) is 12.4. The summed E-state index contributed by atoms with van der Waals surface area (Å²) >= 11 is 0. The second-order valence-electron chi connectivity index (χ2n) is 9.32. The van der Waals surface area contributed by atoms with Crippen LogP contribution in [-0.2, 0) is 21.3 Å². The Labute approximate surface area is 182 Å². The Bertz CT molecular complexity index is 1250. The number of fused-ring (bicyclic) bond motifs is 3. The number of benzene rings is 2. The van der Waals surface area contributed by atoms with Crippen molar-refractivity contribution in [1.29, 1.82) is 0 Å². The molecule has 1 spiro atoms. The molecule has 31 heavy (non-hydrogen) atoms. The Hall–Kier alpha value is -2.19. The van der Waals surface area contributed by atoms with E-state index in [0.29, 0.717) is 17.9 Å². The minimum Gasteiger partial charge on any atom is -0.361 e. The zero-order valence-electron chi connectivity index (χ0n) is 17.8. The van der Waals surface area contributed by atoms with Gasteiger partial charge in [0.05, 0.1) is 16.5 Å². The topological polar surface area (TPSA) is 65.6 Å². The number of likely N-dealkylation sites (N-methyl/N-ethyl adjacent to an activating group) is 1. The number of aryl methyl sites for hydroxylation is 1. The normalized spacial score (nSPS) is 27.9. The van der Waals surface area contributed by atoms with E-state index < -0.39 is 10.0 Å². The van der Waals surface area contributed by atoms with Crippen molar-refractivity contribution in [2.45, 2.75) is 48.8 Å². The van der Waals surface area contributed by atoms with E-state index >= 15 is 0 Å². The monoisotopic (exact) mass is 437 g/mol. The van der Waals surface area contributed by atoms with Gasteiger partial charge in [-0.05, 0) is 49.9 Å². The van der Waals surface area contributed by atoms with Crippen molar-refractivity contribution >= 4 is 20.9 Å². The number of aromatic amines is 1. The maximum Gasteiger partial charge on any atom is 0.243 e. The van der Waals surface area contributed by atoms with Crippen molar-refractivity contribution in [2.75, 3.05) is 13.6 Å². The summed E-state index contributed by atoms with van der Waals surface area (Å²) in [6.45, 7) is 2.48. The molecule has 6 nitrogen and oxygen atoms in total. The van der Waals surface area contributed by atoms with Crippen LogP contribution in [-0.4, -0.2) is 54.0 Å². The molecule has 3 heterocycles. The highest BCUT2D eigenvalue weighted by Crippen LogP contribution is 2.57. The molecule has 6 rings (SSSR count). The summed E-state index contributed by atoms with van der Waals surface area (Å²) in [5.74, 6) is 0.202. The summed E-state index contributed by atoms with van der Waals surface area (Å²) in [6.07, 6.45) is 4.70. The van der Waals surface area contributed by atoms with Crippen LogP contribution in [0, 0.1) is 12.8 Å². The first kappa shape index (κ1) is 19.5. The molecule has 7 heteroatoms. The molecule has 3 aromatic rings. The fourth-order valence-corrected chi connectivity index (χ4v) is 7.38. The average molecular weight is 438 g/mol. The van der Waals surface area contributed by atoms with Crippen LogP contribution >= 0.6 is 0 Å². The minimum atomic E-state index is -3.61. The first-order valence-electron chi connectivity index (χ1n) is 10.9. The molecular weight excluding hydrogens is 410 g/mol. The van der Waals surface area contributed by atoms with Crippen LogP contribution in [0.4, 0.5) is 0 Å². The van der Waals surface area contributed by atoms with Crippen molar-refractivity contribution in [1.82, 2.24) is 14.4 Å². The number of H-pyrrole nitrogens is 1. The quantitative estimate of drug-likeness (QED) is 0.679. The summed E-state index contributed by atoms with van der Waals surface area (Å²) in [7, 11) is -1.64. The molecule has 2 aliphatic heterocycles. The fraction of sp³-hybridized carbons (Fsp3) is 0.417. The third kappa shape index (κ3) is 2.91. The molecule has 0 radical (unpaired) electrons. The van der Waals surface area contributed by atoms with E-state index in [-0.39, 0.29) is 23.6 Å². The van der Waals surface area contributed by atoms with E-state index in [2.05, 4.69) is 17.1 Å². The molecule has 162 valence electrons. The Balaban J connectivity index is 1.42. The van der Waals surface area contributed by atoms with Gasteiger partial charge in [0.2, 0.25) is 10.0 Å². The number of hydrogen-bond donors (Lipinski definition) is 1. The van der Waals surface area contributed by atoms with Gasteiger partial charge < -0.3 is 4.98 Å². The van der Waals surface area contributed by atoms with Gasteiger partial charge >= 0.3 is 0 Å². The van der Waals surface area contributed by atoms with Crippen molar-refractivity contribution in [3.8, 4) is 0 Å². The van der Waals surface area contributed by atoms with E-state index in [1.54, 1.807) is 16.4 Å². The highest BCUT2D eigenvalue weighted by molar-refractivity contribution is 7.89. The Kier molecular flexibility index (Phi) is 4.18. The molecule has 3 fully saturated rings. The van der Waals surface area contributed by atoms with Crippen LogP contribution in [0.5, 0.6) is 0 Å². The lowest BCUT2D eigenvalue weighted by molar-refractivity contribution is -0.163. The number of nitrogens with one attached hydrogen (secondary N) is 1. The van der Waals surface area contributed by atoms with Gasteiger partial charge in [0.25, 0.3) is 0 Å². The molecule has 2 saturated heterocycles. The second kappa shape index (κ2) is 6.65. The standard InChI is InChI=1S/C24H27N3O3S/c1-16-7-9-18(10-8-16)31(28,29)27-15-20-23(26(2)30-24(20)11-12-24)22(27)13-17-14-25-21-6-4-3-5-19(17)21/h3-10,14,20,22-23,25H,11-13,15H2,1-2H3/t20-,22-,23-/m0/s1. The SMILES string of the molecule is Cc1ccc(S(=O)(=O)N2C[C@H]3[C@@H]([C@@H]2Cc2c[nH]c4ccccc24)N(C)OC32CC2)cc1. The first-order chi connectivity index (χ1) is 14.9. The summed E-state index contributed by atoms with van der Waals surface area (Å²) in [4.78, 5) is 9.96. The van der Waals surface area contributed by atoms with E-state index in [1.165, 1.54) is 0 Å². The smallest absolute Gasteiger partial charge is 0.243 e. The predicted octanol–water partition coefficient (Wildman–Crippen LogP) is 3.49. The number of sulfonamides is 1. The number of nitrogens with zero attached hydrogens (tertiary/aromatic N) is 2. The molecule has 3 atom stereocenters. The lowest BCUT2D eigenvalue weighted by Crippen LogP contribution is -2.45. The van der Waals surface area contributed by atoms with E-state index in [0.717, 1.165) is 34.9 Å². The van der Waals surface area contributed by atoms with Gasteiger partial charge in [0, 0.05) is 42.7 Å². The summed E-state index contributed by atoms with van der Waals surface area (Å²) in [6, 6.07) is 15.3. The summed E-state index contributed by atoms with van der Waals surface area (Å²) in [5.41, 5.74) is 3.11. The van der Waals surface area contributed by atoms with Crippen LogP contribution in [0.2, 0.25) is 0 Å². The molecule has 1 N–H and O–H groups in total. The van der Waals surface area contributed by atoms with Crippen molar-refractivity contribution in [3.63, 3.8) is 0 Å². The zero-order valence-corrected chi connectivity index (χ0v) is 18.6. The number of aromatic nitrogens is 1. The van der Waals surface area contributed by atoms with Crippen LogP contribution < -0.4 is 0 Å². The van der Waals surface area contributed by atoms with Crippen molar-refractivity contribution < 1.29 is 13.3 Å². The van der Waals surface area contributed by atoms with Crippen LogP contribution in [0.1, 0.15) is 24.0 Å². The number of para-hydroxylation sites is 1. The third-order valence-corrected chi connectivity index (χ3v) is 9.35. The van der Waals surface area contributed by atoms with Crippen molar-refractivity contribution in [2.24, 2.45) is 5.92 Å². The van der Waals surface area contributed by atoms with Crippen molar-refractivity contribution in [3.05, 3.63) is 65.9 Å². The highest BCUT2D eigenvalue weighted by Gasteiger charge is 2.67. The number of rotatable bonds is 4. The van der Waals surface area contributed by atoms with Gasteiger partial charge in [-0.2, -0.15) is 9.37 Å².